The highest BCUT2D eigenvalue weighted by atomic mass is 28.3. The van der Waals surface area contributed by atoms with Crippen molar-refractivity contribution in [3.63, 3.8) is 0 Å². The molecule has 19 nitrogen and oxygen atoms in total. The molecule has 0 fully saturated rings. The molecule has 5 N–H and O–H groups in total. The van der Waals surface area contributed by atoms with Crippen LogP contribution >= 0.6 is 0 Å². The van der Waals surface area contributed by atoms with E-state index < -0.39 is 49.4 Å². The molecule has 0 unspecified atom stereocenters. The number of carboxylic acids is 1. The van der Waals surface area contributed by atoms with Crippen LogP contribution in [0.1, 0.15) is 75.4 Å². The molecular formula is C40H54N8O11Si. The van der Waals surface area contributed by atoms with Crippen molar-refractivity contribution in [2.75, 3.05) is 43.5 Å². The van der Waals surface area contributed by atoms with Crippen molar-refractivity contribution in [2.45, 2.75) is 91.3 Å². The van der Waals surface area contributed by atoms with E-state index in [0.29, 0.717) is 23.6 Å². The van der Waals surface area contributed by atoms with E-state index in [1.54, 1.807) is 59.7 Å². The van der Waals surface area contributed by atoms with Crippen LogP contribution in [0.4, 0.5) is 26.0 Å². The van der Waals surface area contributed by atoms with E-state index in [2.05, 4.69) is 60.8 Å². The Hall–Kier alpha value is -6.31. The van der Waals surface area contributed by atoms with Gasteiger partial charge >= 0.3 is 24.2 Å². The number of nitrogens with zero attached hydrogens (tertiary/aromatic N) is 4. The van der Waals surface area contributed by atoms with Crippen molar-refractivity contribution in [2.24, 2.45) is 0 Å². The van der Waals surface area contributed by atoms with Crippen molar-refractivity contribution in [1.82, 2.24) is 30.6 Å². The minimum Gasteiger partial charge on any atom is -0.493 e. The van der Waals surface area contributed by atoms with Crippen LogP contribution in [0.25, 0.3) is 22.1 Å². The summed E-state index contributed by atoms with van der Waals surface area (Å²) in [5, 5.41) is 21.1. The number of rotatable bonds is 17. The molecule has 4 aromatic rings. The van der Waals surface area contributed by atoms with E-state index in [9.17, 15) is 29.1 Å². The van der Waals surface area contributed by atoms with Gasteiger partial charge in [0.05, 0.1) is 30.6 Å². The Morgan fingerprint density at radius 2 is 1.10 bits per heavy atom. The summed E-state index contributed by atoms with van der Waals surface area (Å²) in [7, 11) is -1.44. The zero-order valence-corrected chi connectivity index (χ0v) is 36.4. The highest BCUT2D eigenvalue weighted by Crippen LogP contribution is 2.29. The van der Waals surface area contributed by atoms with Crippen molar-refractivity contribution in [1.29, 1.82) is 0 Å². The Morgan fingerprint density at radius 1 is 0.633 bits per heavy atom. The first-order valence-corrected chi connectivity index (χ1v) is 23.1. The summed E-state index contributed by atoms with van der Waals surface area (Å²) in [6.07, 6.45) is -1.05. The number of alkyl carbamates (subject to hydrolysis) is 2. The highest BCUT2D eigenvalue weighted by molar-refractivity contribution is 6.76. The standard InChI is InChI=1S/C40H54N8O11Si/c1-39(2,3)58-36(52)41-16-10-18-55-28-22-26(43-32-24(28)13-15-31(46-32)48-38(54)57-20-21-60(7,8)9)34(49)47-30-14-12-25-29(23-27(35(50)51)44-33(25)45-30)56-19-11-17-42-37(53)59-40(4,5)6/h12-15,22-23H,10-11,16-21H2,1-9H3,(H,41,52)(H,42,53)(H,50,51)(H,43,46,48,54)(H,44,45,47,49). The first-order valence-electron chi connectivity index (χ1n) is 19.4. The summed E-state index contributed by atoms with van der Waals surface area (Å²) >= 11 is 0. The van der Waals surface area contributed by atoms with E-state index in [1.165, 1.54) is 18.2 Å². The van der Waals surface area contributed by atoms with Crippen LogP contribution in [0.2, 0.25) is 25.7 Å². The average molecular weight is 851 g/mol. The van der Waals surface area contributed by atoms with Gasteiger partial charge in [0.1, 0.15) is 40.0 Å². The molecule has 0 aliphatic heterocycles. The van der Waals surface area contributed by atoms with Crippen LogP contribution in [0.5, 0.6) is 11.5 Å². The fourth-order valence-corrected chi connectivity index (χ4v) is 5.76. The van der Waals surface area contributed by atoms with Gasteiger partial charge in [0, 0.05) is 33.3 Å². The second kappa shape index (κ2) is 20.1. The third kappa shape index (κ3) is 15.5. The zero-order chi connectivity index (χ0) is 44.3. The minimum absolute atomic E-state index is 0.0147. The molecule has 0 saturated carbocycles. The number of aromatic nitrogens is 4. The van der Waals surface area contributed by atoms with Crippen molar-refractivity contribution in [3.05, 3.63) is 47.8 Å². The lowest BCUT2D eigenvalue weighted by molar-refractivity contribution is 0.0513. The topological polar surface area (TPSA) is 251 Å². The van der Waals surface area contributed by atoms with Gasteiger partial charge in [-0.25, -0.2) is 39.1 Å². The molecule has 20 heteroatoms. The Balaban J connectivity index is 1.53. The predicted octanol–water partition coefficient (Wildman–Crippen LogP) is 7.00. The number of aromatic carboxylic acids is 1. The SMILES string of the molecule is CC(C)(C)OC(=O)NCCCOc1cc(C(=O)O)nc2nc(NC(=O)c3cc(OCCCNC(=O)OC(C)(C)C)c4ccc(NC(=O)OCC[Si](C)(C)C)nc4n3)ccc12. The molecule has 4 amide bonds. The molecule has 324 valence electrons. The summed E-state index contributed by atoms with van der Waals surface area (Å²) in [6.45, 7) is 18.1. The zero-order valence-electron chi connectivity index (χ0n) is 35.4. The molecule has 0 radical (unpaired) electrons. The van der Waals surface area contributed by atoms with Crippen LogP contribution in [-0.4, -0.2) is 107 Å². The average Bonchev–Trinajstić information content (AvgIpc) is 3.11. The normalized spacial score (nSPS) is 11.7. The lowest BCUT2D eigenvalue weighted by Gasteiger charge is -2.19. The molecule has 4 aromatic heterocycles. The maximum atomic E-state index is 13.7. The largest absolute Gasteiger partial charge is 0.493 e. The number of carbonyl (C=O) groups excluding carboxylic acids is 4. The Labute approximate surface area is 348 Å². The maximum Gasteiger partial charge on any atom is 0.412 e. The van der Waals surface area contributed by atoms with Gasteiger partial charge in [-0.1, -0.05) is 19.6 Å². The number of carboxylic acid groups (broad SMARTS) is 1. The second-order valence-electron chi connectivity index (χ2n) is 16.7. The number of nitrogens with one attached hydrogen (secondary N) is 4. The molecule has 60 heavy (non-hydrogen) atoms. The number of amides is 4. The van der Waals surface area contributed by atoms with Crippen LogP contribution < -0.4 is 30.7 Å². The van der Waals surface area contributed by atoms with Crippen LogP contribution in [-0.2, 0) is 14.2 Å². The Morgan fingerprint density at radius 3 is 1.57 bits per heavy atom. The van der Waals surface area contributed by atoms with Crippen molar-refractivity contribution < 1.29 is 52.8 Å². The summed E-state index contributed by atoms with van der Waals surface area (Å²) < 4.78 is 27.8. The molecule has 4 rings (SSSR count). The van der Waals surface area contributed by atoms with Gasteiger partial charge in [-0.3, -0.25) is 10.1 Å². The first kappa shape index (κ1) is 46.4. The Kier molecular flexibility index (Phi) is 15.5. The summed E-state index contributed by atoms with van der Waals surface area (Å²) in [5.74, 6) is -1.44. The second-order valence-corrected chi connectivity index (χ2v) is 22.4. The van der Waals surface area contributed by atoms with E-state index >= 15 is 0 Å². The molecule has 0 aliphatic carbocycles. The lowest BCUT2D eigenvalue weighted by atomic mass is 10.2. The summed E-state index contributed by atoms with van der Waals surface area (Å²) in [4.78, 5) is 79.6. The van der Waals surface area contributed by atoms with E-state index in [-0.39, 0.29) is 78.7 Å². The smallest absolute Gasteiger partial charge is 0.412 e. The van der Waals surface area contributed by atoms with Gasteiger partial charge in [0.15, 0.2) is 17.0 Å². The molecular weight excluding hydrogens is 797 g/mol. The third-order valence-electron chi connectivity index (χ3n) is 7.77. The molecule has 0 aliphatic rings. The number of fused-ring (bicyclic) bond motifs is 2. The number of carbonyl (C=O) groups is 5. The quantitative estimate of drug-likeness (QED) is 0.0407. The van der Waals surface area contributed by atoms with Crippen LogP contribution in [0, 0.1) is 0 Å². The minimum atomic E-state index is -1.44. The highest BCUT2D eigenvalue weighted by Gasteiger charge is 2.20. The molecule has 0 saturated heterocycles. The fourth-order valence-electron chi connectivity index (χ4n) is 5.04. The number of anilines is 2. The maximum absolute atomic E-state index is 13.7. The van der Waals surface area contributed by atoms with Gasteiger partial charge in [-0.15, -0.1) is 0 Å². The number of hydrogen-bond acceptors (Lipinski definition) is 14. The van der Waals surface area contributed by atoms with Gasteiger partial charge in [0.2, 0.25) is 0 Å². The van der Waals surface area contributed by atoms with Crippen molar-refractivity contribution in [3.8, 4) is 11.5 Å². The van der Waals surface area contributed by atoms with Gasteiger partial charge in [-0.2, -0.15) is 0 Å². The number of hydrogen-bond donors (Lipinski definition) is 5. The fraction of sp³-hybridized carbons (Fsp3) is 0.475. The van der Waals surface area contributed by atoms with Crippen LogP contribution in [0.15, 0.2) is 36.4 Å². The van der Waals surface area contributed by atoms with Gasteiger partial charge in [0.25, 0.3) is 5.91 Å². The lowest BCUT2D eigenvalue weighted by Crippen LogP contribution is -2.33. The number of ether oxygens (including phenoxy) is 5. The summed E-state index contributed by atoms with van der Waals surface area (Å²) in [6, 6.07) is 9.72. The Bertz CT molecular complexity index is 2200. The predicted molar refractivity (Wildman–Crippen MR) is 226 cm³/mol. The molecule has 4 heterocycles. The van der Waals surface area contributed by atoms with Gasteiger partial charge in [-0.05, 0) is 84.7 Å². The van der Waals surface area contributed by atoms with Crippen LogP contribution in [0.3, 0.4) is 0 Å². The van der Waals surface area contributed by atoms with E-state index in [0.717, 1.165) is 6.04 Å². The first-order chi connectivity index (χ1) is 28.0. The van der Waals surface area contributed by atoms with Gasteiger partial charge < -0.3 is 44.7 Å². The summed E-state index contributed by atoms with van der Waals surface area (Å²) in [5.41, 5.74) is -1.69. The van der Waals surface area contributed by atoms with E-state index in [4.69, 9.17) is 23.7 Å². The monoisotopic (exact) mass is 850 g/mol. The van der Waals surface area contributed by atoms with E-state index in [1.807, 2.05) is 0 Å². The molecule has 0 aromatic carbocycles. The molecule has 0 spiro atoms. The molecule has 0 bridgehead atoms. The third-order valence-corrected chi connectivity index (χ3v) is 9.48. The van der Waals surface area contributed by atoms with Crippen molar-refractivity contribution >= 4 is 71.9 Å². The molecule has 0 atom stereocenters. The number of pyridine rings is 4.